The molecule has 0 spiro atoms. The van der Waals surface area contributed by atoms with Gasteiger partial charge in [-0.15, -0.1) is 0 Å². The van der Waals surface area contributed by atoms with Crippen molar-refractivity contribution in [1.29, 1.82) is 0 Å². The van der Waals surface area contributed by atoms with E-state index < -0.39 is 11.4 Å². The summed E-state index contributed by atoms with van der Waals surface area (Å²) in [5.74, 6) is 0. The van der Waals surface area contributed by atoms with Crippen molar-refractivity contribution in [2.75, 3.05) is 0 Å². The van der Waals surface area contributed by atoms with Crippen LogP contribution in [-0.2, 0) is 0 Å². The molecule has 0 amide bonds. The standard InChI is InChI=1S/C12H28GeSe/c1-4-7-10-13(14,11-8-5-2)12-9-6-3/h14H,4-12H2,1-3H3. The zero-order valence-electron chi connectivity index (χ0n) is 10.3. The third kappa shape index (κ3) is 7.37. The molecule has 86 valence electrons. The molecule has 0 aromatic rings. The monoisotopic (exact) mass is 326 g/mol. The summed E-state index contributed by atoms with van der Waals surface area (Å²) in [6.45, 7) is 6.99. The van der Waals surface area contributed by atoms with Crippen LogP contribution in [0.2, 0.25) is 15.8 Å². The molecule has 0 aliphatic heterocycles. The van der Waals surface area contributed by atoms with Gasteiger partial charge in [-0.05, 0) is 0 Å². The van der Waals surface area contributed by atoms with Crippen LogP contribution in [0.4, 0.5) is 0 Å². The molecule has 0 N–H and O–H groups in total. The molecule has 0 aromatic carbocycles. The second kappa shape index (κ2) is 9.30. The van der Waals surface area contributed by atoms with Crippen molar-refractivity contribution in [3.8, 4) is 0 Å². The van der Waals surface area contributed by atoms with Gasteiger partial charge in [-0.3, -0.25) is 0 Å². The van der Waals surface area contributed by atoms with Gasteiger partial charge >= 0.3 is 101 Å². The summed E-state index contributed by atoms with van der Waals surface area (Å²) >= 11 is 1.80. The van der Waals surface area contributed by atoms with Crippen molar-refractivity contribution >= 4 is 25.5 Å². The second-order valence-electron chi connectivity index (χ2n) is 4.54. The van der Waals surface area contributed by atoms with Gasteiger partial charge in [-0.25, -0.2) is 0 Å². The fourth-order valence-corrected chi connectivity index (χ4v) is 15.0. The minimum absolute atomic E-state index is 1.39. The first-order chi connectivity index (χ1) is 6.68. The van der Waals surface area contributed by atoms with E-state index in [-0.39, 0.29) is 0 Å². The van der Waals surface area contributed by atoms with E-state index >= 15 is 0 Å². The normalized spacial score (nSPS) is 12.0. The van der Waals surface area contributed by atoms with Crippen LogP contribution >= 0.6 is 0 Å². The maximum absolute atomic E-state index is 3.19. The average Bonchev–Trinajstić information content (AvgIpc) is 2.21. The molecule has 14 heavy (non-hydrogen) atoms. The molecule has 0 heterocycles. The van der Waals surface area contributed by atoms with Gasteiger partial charge in [0.2, 0.25) is 0 Å². The number of rotatable bonds is 9. The molecule has 0 saturated carbocycles. The van der Waals surface area contributed by atoms with Crippen LogP contribution in [0.25, 0.3) is 0 Å². The molecule has 0 unspecified atom stereocenters. The first kappa shape index (κ1) is 15.1. The Balaban J connectivity index is 3.89. The fourth-order valence-electron chi connectivity index (χ4n) is 1.89. The summed E-state index contributed by atoms with van der Waals surface area (Å²) in [5, 5.41) is 4.82. The van der Waals surface area contributed by atoms with E-state index in [1.807, 2.05) is 0 Å². The third-order valence-electron chi connectivity index (χ3n) is 2.99. The van der Waals surface area contributed by atoms with Crippen molar-refractivity contribution in [2.24, 2.45) is 0 Å². The number of unbranched alkanes of at least 4 members (excludes halogenated alkanes) is 3. The van der Waals surface area contributed by atoms with Crippen molar-refractivity contribution in [3.63, 3.8) is 0 Å². The Kier molecular flexibility index (Phi) is 10.0. The average molecular weight is 324 g/mol. The summed E-state index contributed by atoms with van der Waals surface area (Å²) in [4.78, 5) is 0. The predicted molar refractivity (Wildman–Crippen MR) is 72.0 cm³/mol. The van der Waals surface area contributed by atoms with Crippen LogP contribution in [0.5, 0.6) is 0 Å². The molecule has 0 aromatic heterocycles. The molecule has 0 radical (unpaired) electrons. The Bertz CT molecular complexity index is 104. The van der Waals surface area contributed by atoms with Gasteiger partial charge in [0.15, 0.2) is 0 Å². The Morgan fingerprint density at radius 3 is 1.21 bits per heavy atom. The topological polar surface area (TPSA) is 0 Å². The Morgan fingerprint density at radius 2 is 1.00 bits per heavy atom. The molecule has 0 atom stereocenters. The summed E-state index contributed by atoms with van der Waals surface area (Å²) in [6, 6.07) is 0. The fraction of sp³-hybridized carbons (Fsp3) is 1.00. The zero-order valence-corrected chi connectivity index (χ0v) is 14.3. The van der Waals surface area contributed by atoms with E-state index in [0.29, 0.717) is 0 Å². The molecule has 0 nitrogen and oxygen atoms in total. The van der Waals surface area contributed by atoms with Gasteiger partial charge in [-0.1, -0.05) is 0 Å². The van der Waals surface area contributed by atoms with E-state index in [9.17, 15) is 0 Å². The van der Waals surface area contributed by atoms with Crippen LogP contribution in [0.3, 0.4) is 0 Å². The van der Waals surface area contributed by atoms with Crippen LogP contribution in [0.15, 0.2) is 0 Å². The van der Waals surface area contributed by atoms with Crippen LogP contribution < -0.4 is 0 Å². The molecule has 0 aliphatic rings. The predicted octanol–water partition coefficient (Wildman–Crippen LogP) is 4.23. The van der Waals surface area contributed by atoms with E-state index in [0.717, 1.165) is 0 Å². The van der Waals surface area contributed by atoms with Gasteiger partial charge in [0.25, 0.3) is 0 Å². The molecular formula is C12H28GeSe. The van der Waals surface area contributed by atoms with Gasteiger partial charge in [-0.2, -0.15) is 0 Å². The maximum atomic E-state index is 3.19. The third-order valence-corrected chi connectivity index (χ3v) is 18.4. The van der Waals surface area contributed by atoms with Gasteiger partial charge in [0.05, 0.1) is 0 Å². The second-order valence-corrected chi connectivity index (χ2v) is 23.2. The van der Waals surface area contributed by atoms with Gasteiger partial charge in [0.1, 0.15) is 0 Å². The van der Waals surface area contributed by atoms with Gasteiger partial charge < -0.3 is 0 Å². The first-order valence-corrected chi connectivity index (χ1v) is 16.7. The molecule has 2 heteroatoms. The van der Waals surface area contributed by atoms with Crippen molar-refractivity contribution in [2.45, 2.75) is 75.1 Å². The van der Waals surface area contributed by atoms with E-state index in [1.54, 1.807) is 15.8 Å². The SMILES string of the molecule is CCC[CH2][Ge]([SeH])([CH2]CCC)[CH2]CCC. The van der Waals surface area contributed by atoms with Crippen molar-refractivity contribution < 1.29 is 0 Å². The zero-order chi connectivity index (χ0) is 10.9. The molecule has 0 rings (SSSR count). The van der Waals surface area contributed by atoms with E-state index in [2.05, 4.69) is 34.9 Å². The molecule has 0 fully saturated rings. The molecular weight excluding hydrogens is 296 g/mol. The first-order valence-electron chi connectivity index (χ1n) is 6.41. The quantitative estimate of drug-likeness (QED) is 0.557. The van der Waals surface area contributed by atoms with E-state index in [4.69, 9.17) is 0 Å². The van der Waals surface area contributed by atoms with Crippen LogP contribution in [-0.4, -0.2) is 25.5 Å². The summed E-state index contributed by atoms with van der Waals surface area (Å²) < 4.78 is 0. The van der Waals surface area contributed by atoms with Crippen LogP contribution in [0.1, 0.15) is 59.3 Å². The van der Waals surface area contributed by atoms with Crippen LogP contribution in [0, 0.1) is 0 Å². The Morgan fingerprint density at radius 1 is 0.714 bits per heavy atom. The van der Waals surface area contributed by atoms with Gasteiger partial charge in [0, 0.05) is 0 Å². The summed E-state index contributed by atoms with van der Waals surface area (Å²) in [7, 11) is 0. The van der Waals surface area contributed by atoms with Crippen molar-refractivity contribution in [3.05, 3.63) is 0 Å². The summed E-state index contributed by atoms with van der Waals surface area (Å²) in [5.41, 5.74) is 0. The summed E-state index contributed by atoms with van der Waals surface area (Å²) in [6.07, 6.45) is 8.64. The van der Waals surface area contributed by atoms with E-state index in [1.165, 1.54) is 38.5 Å². The molecule has 0 aliphatic carbocycles. The number of hydrogen-bond acceptors (Lipinski definition) is 0. The number of hydrogen-bond donors (Lipinski definition) is 0. The molecule has 0 saturated heterocycles. The van der Waals surface area contributed by atoms with Crippen molar-refractivity contribution in [1.82, 2.24) is 0 Å². The Labute approximate surface area is 100 Å². The minimum atomic E-state index is -1.39. The molecule has 0 bridgehead atoms. The Hall–Kier alpha value is 1.06.